The van der Waals surface area contributed by atoms with Gasteiger partial charge in [-0.3, -0.25) is 9.69 Å². The molecule has 0 amide bonds. The monoisotopic (exact) mass is 484 g/mol. The van der Waals surface area contributed by atoms with E-state index in [2.05, 4.69) is 4.90 Å². The maximum absolute atomic E-state index is 13.9. The molecule has 35 heavy (non-hydrogen) atoms. The predicted molar refractivity (Wildman–Crippen MR) is 125 cm³/mol. The first-order chi connectivity index (χ1) is 16.5. The lowest BCUT2D eigenvalue weighted by Crippen LogP contribution is -2.66. The van der Waals surface area contributed by atoms with E-state index in [1.165, 1.54) is 4.57 Å². The van der Waals surface area contributed by atoms with Gasteiger partial charge in [-0.1, -0.05) is 18.2 Å². The number of carbonyl (C=O) groups excluding carboxylic acids is 2. The molecular weight excluding hydrogens is 452 g/mol. The van der Waals surface area contributed by atoms with Gasteiger partial charge in [-0.2, -0.15) is 0 Å². The van der Waals surface area contributed by atoms with Gasteiger partial charge in [-0.15, -0.1) is 0 Å². The number of carbonyl (C=O) groups is 2. The highest BCUT2D eigenvalue weighted by atomic mass is 16.7. The minimum atomic E-state index is -2.00. The molecule has 3 saturated heterocycles. The second-order valence-corrected chi connectivity index (χ2v) is 11.2. The van der Waals surface area contributed by atoms with Crippen molar-refractivity contribution in [3.63, 3.8) is 0 Å². The molecule has 9 heteroatoms. The fourth-order valence-corrected chi connectivity index (χ4v) is 7.10. The molecular formula is C26H32N2O7. The van der Waals surface area contributed by atoms with Crippen LogP contribution in [-0.4, -0.2) is 75.0 Å². The zero-order valence-electron chi connectivity index (χ0n) is 20.5. The van der Waals surface area contributed by atoms with Crippen molar-refractivity contribution in [1.82, 2.24) is 9.47 Å². The van der Waals surface area contributed by atoms with Crippen LogP contribution in [0.25, 0.3) is 10.9 Å². The lowest BCUT2D eigenvalue weighted by atomic mass is 9.64. The third-order valence-corrected chi connectivity index (χ3v) is 8.39. The van der Waals surface area contributed by atoms with Crippen LogP contribution in [0.15, 0.2) is 24.3 Å². The first-order valence-corrected chi connectivity index (χ1v) is 12.4. The van der Waals surface area contributed by atoms with Gasteiger partial charge in [0.15, 0.2) is 5.41 Å². The molecule has 0 spiro atoms. The van der Waals surface area contributed by atoms with Crippen molar-refractivity contribution >= 4 is 23.0 Å². The van der Waals surface area contributed by atoms with Gasteiger partial charge in [0, 0.05) is 29.5 Å². The van der Waals surface area contributed by atoms with E-state index in [1.807, 2.05) is 24.3 Å². The SMILES string of the molecule is CCOC(=O)[C@]12CO[C@@]3(O)[C@@H]4CCN(CC[C@@]13O)[C@@H]4c1c2n(C(=O)OC(C)(C)C)c2ccccc12. The number of benzene rings is 1. The molecule has 1 aliphatic carbocycles. The van der Waals surface area contributed by atoms with Gasteiger partial charge >= 0.3 is 12.1 Å². The van der Waals surface area contributed by atoms with Crippen molar-refractivity contribution in [2.75, 3.05) is 26.3 Å². The van der Waals surface area contributed by atoms with Crippen LogP contribution >= 0.6 is 0 Å². The molecule has 188 valence electrons. The Morgan fingerprint density at radius 3 is 2.66 bits per heavy atom. The van der Waals surface area contributed by atoms with E-state index in [4.69, 9.17) is 14.2 Å². The molecule has 2 aromatic rings. The van der Waals surface area contributed by atoms with Crippen LogP contribution in [0.1, 0.15) is 57.8 Å². The van der Waals surface area contributed by atoms with Crippen LogP contribution in [0.3, 0.4) is 0 Å². The van der Waals surface area contributed by atoms with Gasteiger partial charge in [0.05, 0.1) is 24.4 Å². The zero-order valence-corrected chi connectivity index (χ0v) is 20.5. The number of esters is 1. The molecule has 4 heterocycles. The number of rotatable bonds is 2. The topological polar surface area (TPSA) is 110 Å². The number of fused-ring (bicyclic) bond motifs is 4. The zero-order chi connectivity index (χ0) is 25.0. The van der Waals surface area contributed by atoms with Crippen LogP contribution in [0.4, 0.5) is 4.79 Å². The van der Waals surface area contributed by atoms with E-state index in [1.54, 1.807) is 27.7 Å². The molecule has 0 saturated carbocycles. The summed E-state index contributed by atoms with van der Waals surface area (Å²) < 4.78 is 18.8. The first kappa shape index (κ1) is 23.0. The average Bonchev–Trinajstić information content (AvgIpc) is 3.37. The molecule has 1 aromatic heterocycles. The summed E-state index contributed by atoms with van der Waals surface area (Å²) in [5, 5.41) is 25.3. The minimum absolute atomic E-state index is 0.0794. The van der Waals surface area contributed by atoms with Gasteiger partial charge in [-0.25, -0.2) is 9.36 Å². The number of aliphatic hydroxyl groups is 2. The Labute approximate surface area is 203 Å². The molecule has 3 fully saturated rings. The Hall–Kier alpha value is -2.46. The highest BCUT2D eigenvalue weighted by Gasteiger charge is 2.81. The van der Waals surface area contributed by atoms with Gasteiger partial charge in [0.25, 0.3) is 0 Å². The molecule has 6 rings (SSSR count). The molecule has 0 radical (unpaired) electrons. The second-order valence-electron chi connectivity index (χ2n) is 11.2. The van der Waals surface area contributed by atoms with Crippen molar-refractivity contribution in [2.45, 2.75) is 69.0 Å². The summed E-state index contributed by atoms with van der Waals surface area (Å²) in [6.07, 6.45) is 0.0400. The van der Waals surface area contributed by atoms with Crippen LogP contribution in [0, 0.1) is 5.92 Å². The van der Waals surface area contributed by atoms with Gasteiger partial charge in [-0.05, 0) is 53.1 Å². The molecule has 1 aromatic carbocycles. The first-order valence-electron chi connectivity index (χ1n) is 12.4. The summed E-state index contributed by atoms with van der Waals surface area (Å²) in [6, 6.07) is 7.12. The summed E-state index contributed by atoms with van der Waals surface area (Å²) in [5.74, 6) is -3.15. The quantitative estimate of drug-likeness (QED) is 0.626. The third-order valence-electron chi connectivity index (χ3n) is 8.39. The summed E-state index contributed by atoms with van der Waals surface area (Å²) in [4.78, 5) is 29.9. The van der Waals surface area contributed by atoms with Crippen molar-refractivity contribution in [1.29, 1.82) is 0 Å². The number of ether oxygens (including phenoxy) is 3. The lowest BCUT2D eigenvalue weighted by molar-refractivity contribution is -0.286. The number of hydrogen-bond acceptors (Lipinski definition) is 8. The lowest BCUT2D eigenvalue weighted by Gasteiger charge is -2.45. The number of para-hydroxylation sites is 1. The Kier molecular flexibility index (Phi) is 4.63. The summed E-state index contributed by atoms with van der Waals surface area (Å²) in [7, 11) is 0. The van der Waals surface area contributed by atoms with Crippen molar-refractivity contribution < 1.29 is 34.0 Å². The Morgan fingerprint density at radius 2 is 1.94 bits per heavy atom. The molecule has 6 atom stereocenters. The van der Waals surface area contributed by atoms with Gasteiger partial charge < -0.3 is 24.4 Å². The smallest absolute Gasteiger partial charge is 0.419 e. The van der Waals surface area contributed by atoms with Crippen LogP contribution in [0.2, 0.25) is 0 Å². The minimum Gasteiger partial charge on any atom is -0.465 e. The van der Waals surface area contributed by atoms with Crippen molar-refractivity contribution in [2.24, 2.45) is 5.92 Å². The standard InChI is InChI=1S/C26H32N2O7/c1-5-33-21(29)24-14-34-26(32)16-10-12-27(13-11-25(24,26)31)19(16)18-15-8-6-7-9-17(15)28(20(18)24)22(30)35-23(2,3)4/h6-9,16,19,31-32H,5,10-14H2,1-4H3/t16-,19+,24-,25-,26+/m1/s1. The molecule has 9 nitrogen and oxygen atoms in total. The Bertz CT molecular complexity index is 1250. The Balaban J connectivity index is 1.77. The van der Waals surface area contributed by atoms with Crippen molar-refractivity contribution in [3.8, 4) is 0 Å². The van der Waals surface area contributed by atoms with E-state index in [0.29, 0.717) is 24.2 Å². The summed E-state index contributed by atoms with van der Waals surface area (Å²) in [5.41, 5.74) is -2.94. The average molecular weight is 485 g/mol. The fourth-order valence-electron chi connectivity index (χ4n) is 7.10. The van der Waals surface area contributed by atoms with Crippen LogP contribution < -0.4 is 0 Å². The van der Waals surface area contributed by atoms with E-state index >= 15 is 0 Å². The molecule has 4 aliphatic rings. The van der Waals surface area contributed by atoms with Crippen LogP contribution in [-0.2, 0) is 24.4 Å². The van der Waals surface area contributed by atoms with E-state index in [9.17, 15) is 19.8 Å². The third kappa shape index (κ3) is 2.62. The van der Waals surface area contributed by atoms with E-state index in [-0.39, 0.29) is 25.7 Å². The second kappa shape index (κ2) is 7.06. The number of hydrogen-bond donors (Lipinski definition) is 2. The van der Waals surface area contributed by atoms with Gasteiger partial charge in [0.1, 0.15) is 11.2 Å². The van der Waals surface area contributed by atoms with Gasteiger partial charge in [0.2, 0.25) is 5.79 Å². The molecule has 1 unspecified atom stereocenters. The number of aromatic nitrogens is 1. The maximum atomic E-state index is 13.9. The molecule has 2 N–H and O–H groups in total. The summed E-state index contributed by atoms with van der Waals surface area (Å²) in [6.45, 7) is 8.01. The largest absolute Gasteiger partial charge is 0.465 e. The normalized spacial score (nSPS) is 37.1. The number of nitrogens with zero attached hydrogens (tertiary/aromatic N) is 2. The fraction of sp³-hybridized carbons (Fsp3) is 0.615. The van der Waals surface area contributed by atoms with Crippen LogP contribution in [0.5, 0.6) is 0 Å². The molecule has 3 aliphatic heterocycles. The molecule has 6 bridgehead atoms. The Morgan fingerprint density at radius 1 is 1.20 bits per heavy atom. The maximum Gasteiger partial charge on any atom is 0.419 e. The van der Waals surface area contributed by atoms with E-state index in [0.717, 1.165) is 17.5 Å². The highest BCUT2D eigenvalue weighted by molar-refractivity contribution is 5.99. The van der Waals surface area contributed by atoms with Crippen molar-refractivity contribution in [3.05, 3.63) is 35.5 Å². The summed E-state index contributed by atoms with van der Waals surface area (Å²) >= 11 is 0. The highest BCUT2D eigenvalue weighted by Crippen LogP contribution is 2.66. The van der Waals surface area contributed by atoms with E-state index < -0.39 is 40.4 Å². The predicted octanol–water partition coefficient (Wildman–Crippen LogP) is 2.46.